The van der Waals surface area contributed by atoms with Crippen LogP contribution in [0.2, 0.25) is 0 Å². The maximum absolute atomic E-state index is 12.3. The minimum absolute atomic E-state index is 0.317. The number of halogens is 2. The fourth-order valence-corrected chi connectivity index (χ4v) is 0.467. The quantitative estimate of drug-likeness (QED) is 0.533. The summed E-state index contributed by atoms with van der Waals surface area (Å²) in [6.45, 7) is -1.01. The van der Waals surface area contributed by atoms with Crippen LogP contribution < -0.4 is 5.73 Å². The maximum atomic E-state index is 12.3. The first kappa shape index (κ1) is 9.29. The van der Waals surface area contributed by atoms with Gasteiger partial charge in [0, 0.05) is 6.54 Å². The highest BCUT2D eigenvalue weighted by Gasteiger charge is 2.32. The number of alkyl halides is 2. The molecule has 1 unspecified atom stereocenters. The molecule has 0 fully saturated rings. The third-order valence-electron chi connectivity index (χ3n) is 0.909. The molecule has 4 N–H and O–H groups in total. The molecule has 9 heavy (non-hydrogen) atoms. The first-order chi connectivity index (χ1) is 4.04. The predicted octanol–water partition coefficient (Wildman–Crippen LogP) is -0.641. The molecular formula is C4H9BrFNO2. The Morgan fingerprint density at radius 1 is 1.78 bits per heavy atom. The molecule has 2 atom stereocenters. The van der Waals surface area contributed by atoms with Gasteiger partial charge in [0.1, 0.15) is 0 Å². The Kier molecular flexibility index (Phi) is 3.57. The molecule has 0 aromatic heterocycles. The molecule has 0 aliphatic heterocycles. The van der Waals surface area contributed by atoms with Crippen LogP contribution in [0.25, 0.3) is 0 Å². The van der Waals surface area contributed by atoms with Crippen LogP contribution in [0.1, 0.15) is 0 Å². The molecule has 0 spiro atoms. The molecule has 56 valence electrons. The van der Waals surface area contributed by atoms with E-state index >= 15 is 0 Å². The van der Waals surface area contributed by atoms with Crippen molar-refractivity contribution < 1.29 is 14.6 Å². The summed E-state index contributed by atoms with van der Waals surface area (Å²) in [5.74, 6) is 0. The van der Waals surface area contributed by atoms with E-state index in [0.29, 0.717) is 0 Å². The summed E-state index contributed by atoms with van der Waals surface area (Å²) in [5.41, 5.74) is 4.86. The Labute approximate surface area is 60.8 Å². The van der Waals surface area contributed by atoms with Gasteiger partial charge in [-0.1, -0.05) is 0 Å². The molecule has 0 bridgehead atoms. The van der Waals surface area contributed by atoms with Gasteiger partial charge in [-0.05, 0) is 15.9 Å². The molecule has 0 amide bonds. The van der Waals surface area contributed by atoms with Gasteiger partial charge in [0.25, 0.3) is 0 Å². The molecule has 5 heteroatoms. The summed E-state index contributed by atoms with van der Waals surface area (Å²) in [5, 5.41) is 17.1. The van der Waals surface area contributed by atoms with Gasteiger partial charge in [-0.15, -0.1) is 0 Å². The average Bonchev–Trinajstić information content (AvgIpc) is 1.86. The summed E-state index contributed by atoms with van der Waals surface area (Å²) >= 11 is 2.56. The van der Waals surface area contributed by atoms with E-state index in [1.54, 1.807) is 0 Å². The minimum atomic E-state index is -1.87. The lowest BCUT2D eigenvalue weighted by molar-refractivity contribution is 0.00912. The number of hydrogen-bond acceptors (Lipinski definition) is 3. The van der Waals surface area contributed by atoms with Crippen LogP contribution in [-0.2, 0) is 0 Å². The van der Waals surface area contributed by atoms with Crippen LogP contribution in [0.3, 0.4) is 0 Å². The van der Waals surface area contributed by atoms with Crippen molar-refractivity contribution in [2.45, 2.75) is 10.7 Å². The van der Waals surface area contributed by atoms with E-state index in [-0.39, 0.29) is 6.54 Å². The molecule has 3 nitrogen and oxygen atoms in total. The largest absolute Gasteiger partial charge is 0.392 e. The van der Waals surface area contributed by atoms with Crippen LogP contribution >= 0.6 is 15.9 Å². The van der Waals surface area contributed by atoms with E-state index in [9.17, 15) is 4.39 Å². The Morgan fingerprint density at radius 2 is 2.22 bits per heavy atom. The van der Waals surface area contributed by atoms with Crippen molar-refractivity contribution in [3.8, 4) is 0 Å². The molecule has 0 rings (SSSR count). The van der Waals surface area contributed by atoms with E-state index in [2.05, 4.69) is 15.9 Å². The van der Waals surface area contributed by atoms with Crippen molar-refractivity contribution in [3.63, 3.8) is 0 Å². The highest BCUT2D eigenvalue weighted by molar-refractivity contribution is 9.10. The minimum Gasteiger partial charge on any atom is -0.392 e. The van der Waals surface area contributed by atoms with Crippen molar-refractivity contribution in [1.82, 2.24) is 0 Å². The number of aliphatic hydroxyl groups is 2. The van der Waals surface area contributed by atoms with Gasteiger partial charge in [-0.25, -0.2) is 4.39 Å². The smallest absolute Gasteiger partial charge is 0.174 e. The van der Waals surface area contributed by atoms with E-state index in [4.69, 9.17) is 15.9 Å². The Bertz CT molecular complexity index is 90.6. The van der Waals surface area contributed by atoms with Crippen molar-refractivity contribution in [2.24, 2.45) is 5.73 Å². The highest BCUT2D eigenvalue weighted by atomic mass is 79.9. The van der Waals surface area contributed by atoms with Gasteiger partial charge in [0.15, 0.2) is 10.7 Å². The van der Waals surface area contributed by atoms with Crippen LogP contribution in [0.5, 0.6) is 0 Å². The van der Waals surface area contributed by atoms with Crippen molar-refractivity contribution in [3.05, 3.63) is 0 Å². The SMILES string of the molecule is NC[C@H](F)C(O)(Br)CO. The molecule has 0 aromatic rings. The van der Waals surface area contributed by atoms with Crippen LogP contribution in [0, 0.1) is 0 Å². The number of aliphatic hydroxyl groups excluding tert-OH is 1. The molecule has 0 saturated carbocycles. The Balaban J connectivity index is 3.80. The molecule has 0 aromatic carbocycles. The standard InChI is InChI=1S/C4H9BrFNO2/c5-4(9,2-8)3(6)1-7/h3,8-9H,1-2,7H2/t3-,4?/m0/s1. The topological polar surface area (TPSA) is 66.5 Å². The average molecular weight is 202 g/mol. The molecule has 0 radical (unpaired) electrons. The van der Waals surface area contributed by atoms with Crippen LogP contribution in [0.15, 0.2) is 0 Å². The van der Waals surface area contributed by atoms with E-state index in [1.807, 2.05) is 0 Å². The number of nitrogens with two attached hydrogens (primary N) is 1. The summed E-state index contributed by atoms with van der Waals surface area (Å²) in [7, 11) is 0. The molecule has 0 aliphatic rings. The highest BCUT2D eigenvalue weighted by Crippen LogP contribution is 2.19. The van der Waals surface area contributed by atoms with Crippen LogP contribution in [-0.4, -0.2) is 34.0 Å². The molecule has 0 heterocycles. The van der Waals surface area contributed by atoms with E-state index < -0.39 is 17.3 Å². The lowest BCUT2D eigenvalue weighted by atomic mass is 10.2. The zero-order valence-electron chi connectivity index (χ0n) is 4.72. The predicted molar refractivity (Wildman–Crippen MR) is 34.9 cm³/mol. The van der Waals surface area contributed by atoms with Gasteiger partial charge < -0.3 is 15.9 Å². The van der Waals surface area contributed by atoms with E-state index in [1.165, 1.54) is 0 Å². The second-order valence-corrected chi connectivity index (χ2v) is 3.05. The fourth-order valence-electron chi connectivity index (χ4n) is 0.280. The molecule has 0 saturated heterocycles. The second kappa shape index (κ2) is 3.46. The fraction of sp³-hybridized carbons (Fsp3) is 1.00. The van der Waals surface area contributed by atoms with Gasteiger partial charge in [0.05, 0.1) is 6.61 Å². The summed E-state index contributed by atoms with van der Waals surface area (Å²) in [6, 6.07) is 0. The summed E-state index contributed by atoms with van der Waals surface area (Å²) in [6.07, 6.45) is -1.64. The first-order valence-corrected chi connectivity index (χ1v) is 3.20. The lowest BCUT2D eigenvalue weighted by Gasteiger charge is -2.20. The zero-order valence-corrected chi connectivity index (χ0v) is 6.31. The van der Waals surface area contributed by atoms with Gasteiger partial charge >= 0.3 is 0 Å². The lowest BCUT2D eigenvalue weighted by Crippen LogP contribution is -2.41. The van der Waals surface area contributed by atoms with Gasteiger partial charge in [0.2, 0.25) is 0 Å². The van der Waals surface area contributed by atoms with Crippen LogP contribution in [0.4, 0.5) is 4.39 Å². The summed E-state index contributed by atoms with van der Waals surface area (Å²) < 4.78 is 10.5. The van der Waals surface area contributed by atoms with Gasteiger partial charge in [-0.2, -0.15) is 0 Å². The summed E-state index contributed by atoms with van der Waals surface area (Å²) in [4.78, 5) is 0. The van der Waals surface area contributed by atoms with Crippen molar-refractivity contribution >= 4 is 15.9 Å². The number of hydrogen-bond donors (Lipinski definition) is 3. The Hall–Kier alpha value is 0.290. The second-order valence-electron chi connectivity index (χ2n) is 1.68. The molecular weight excluding hydrogens is 193 g/mol. The monoisotopic (exact) mass is 201 g/mol. The van der Waals surface area contributed by atoms with Gasteiger partial charge in [-0.3, -0.25) is 0 Å². The third-order valence-corrected chi connectivity index (χ3v) is 1.66. The normalized spacial score (nSPS) is 21.0. The zero-order chi connectivity index (χ0) is 7.49. The molecule has 0 aliphatic carbocycles. The Morgan fingerprint density at radius 3 is 2.33 bits per heavy atom. The third kappa shape index (κ3) is 2.57. The maximum Gasteiger partial charge on any atom is 0.174 e. The number of rotatable bonds is 3. The first-order valence-electron chi connectivity index (χ1n) is 2.41. The van der Waals surface area contributed by atoms with E-state index in [0.717, 1.165) is 0 Å². The van der Waals surface area contributed by atoms with Crippen molar-refractivity contribution in [1.29, 1.82) is 0 Å². The van der Waals surface area contributed by atoms with Crippen molar-refractivity contribution in [2.75, 3.05) is 13.2 Å².